The van der Waals surface area contributed by atoms with Crippen LogP contribution in [0.25, 0.3) is 0 Å². The minimum atomic E-state index is -0.231. The van der Waals surface area contributed by atoms with Crippen LogP contribution in [0.4, 0.5) is 17.2 Å². The van der Waals surface area contributed by atoms with E-state index in [0.717, 1.165) is 0 Å². The van der Waals surface area contributed by atoms with Gasteiger partial charge in [0.15, 0.2) is 11.5 Å². The van der Waals surface area contributed by atoms with Gasteiger partial charge in [0.2, 0.25) is 6.79 Å². The molecule has 1 aliphatic rings. The molecule has 2 N–H and O–H groups in total. The fraction of sp³-hybridized carbons (Fsp3) is 0.0526. The van der Waals surface area contributed by atoms with Gasteiger partial charge in [-0.25, -0.2) is 4.98 Å². The van der Waals surface area contributed by atoms with E-state index in [9.17, 15) is 4.79 Å². The van der Waals surface area contributed by atoms with Crippen molar-refractivity contribution in [1.29, 1.82) is 0 Å². The van der Waals surface area contributed by atoms with Crippen LogP contribution in [0.2, 0.25) is 5.02 Å². The Kier molecular flexibility index (Phi) is 4.33. The van der Waals surface area contributed by atoms with Crippen molar-refractivity contribution in [1.82, 2.24) is 4.98 Å². The van der Waals surface area contributed by atoms with Gasteiger partial charge in [-0.3, -0.25) is 4.79 Å². The third-order valence-electron chi connectivity index (χ3n) is 3.80. The van der Waals surface area contributed by atoms with Gasteiger partial charge in [-0.05, 0) is 30.3 Å². The number of ether oxygens (including phenoxy) is 2. The molecule has 26 heavy (non-hydrogen) atoms. The van der Waals surface area contributed by atoms with E-state index in [2.05, 4.69) is 15.6 Å². The topological polar surface area (TPSA) is 72.5 Å². The van der Waals surface area contributed by atoms with E-state index in [1.165, 1.54) is 0 Å². The number of carbonyl (C=O) groups is 1. The molecular weight excluding hydrogens is 354 g/mol. The van der Waals surface area contributed by atoms with Crippen molar-refractivity contribution in [3.63, 3.8) is 0 Å². The smallest absolute Gasteiger partial charge is 0.256 e. The third-order valence-corrected chi connectivity index (χ3v) is 4.11. The lowest BCUT2D eigenvalue weighted by Crippen LogP contribution is -2.12. The molecule has 0 saturated heterocycles. The Hall–Kier alpha value is -3.25. The van der Waals surface area contributed by atoms with Gasteiger partial charge in [-0.1, -0.05) is 29.8 Å². The Morgan fingerprint density at radius 3 is 2.77 bits per heavy atom. The molecule has 1 aliphatic heterocycles. The number of fused-ring (bicyclic) bond motifs is 1. The molecule has 0 radical (unpaired) electrons. The number of hydrogen-bond acceptors (Lipinski definition) is 5. The predicted molar refractivity (Wildman–Crippen MR) is 99.5 cm³/mol. The number of benzene rings is 2. The van der Waals surface area contributed by atoms with Crippen LogP contribution in [0.5, 0.6) is 11.5 Å². The Labute approximate surface area is 154 Å². The summed E-state index contributed by atoms with van der Waals surface area (Å²) < 4.78 is 10.8. The van der Waals surface area contributed by atoms with Crippen LogP contribution in [0.15, 0.2) is 60.8 Å². The van der Waals surface area contributed by atoms with E-state index in [4.69, 9.17) is 21.1 Å². The molecule has 0 atom stereocenters. The second-order valence-corrected chi connectivity index (χ2v) is 5.94. The Morgan fingerprint density at radius 2 is 1.92 bits per heavy atom. The van der Waals surface area contributed by atoms with E-state index in [0.29, 0.717) is 39.3 Å². The molecule has 0 fully saturated rings. The molecule has 2 aromatic carbocycles. The SMILES string of the molecule is O=C(Nc1cc(Nc2c(Cl)ccc3c2OCO3)ccn1)c1ccccc1. The highest BCUT2D eigenvalue weighted by Gasteiger charge is 2.20. The van der Waals surface area contributed by atoms with E-state index < -0.39 is 0 Å². The third kappa shape index (κ3) is 3.27. The first-order valence-corrected chi connectivity index (χ1v) is 8.26. The standard InChI is InChI=1S/C19H14ClN3O3/c20-14-6-7-15-18(26-11-25-15)17(14)22-13-8-9-21-16(10-13)23-19(24)12-4-2-1-3-5-12/h1-10H,11H2,(H2,21,22,23,24). The number of halogens is 1. The van der Waals surface area contributed by atoms with Crippen LogP contribution < -0.4 is 20.1 Å². The molecule has 1 amide bonds. The summed E-state index contributed by atoms with van der Waals surface area (Å²) >= 11 is 6.28. The molecule has 3 aromatic rings. The summed E-state index contributed by atoms with van der Waals surface area (Å²) in [6, 6.07) is 15.9. The number of anilines is 3. The number of nitrogens with one attached hydrogen (secondary N) is 2. The van der Waals surface area contributed by atoms with Gasteiger partial charge < -0.3 is 20.1 Å². The van der Waals surface area contributed by atoms with Gasteiger partial charge in [0.25, 0.3) is 5.91 Å². The molecule has 0 unspecified atom stereocenters. The summed E-state index contributed by atoms with van der Waals surface area (Å²) in [4.78, 5) is 16.4. The number of nitrogens with zero attached hydrogens (tertiary/aromatic N) is 1. The Bertz CT molecular complexity index is 963. The number of hydrogen-bond donors (Lipinski definition) is 2. The van der Waals surface area contributed by atoms with Gasteiger partial charge in [0.1, 0.15) is 11.5 Å². The summed E-state index contributed by atoms with van der Waals surface area (Å²) in [5, 5.41) is 6.47. The number of rotatable bonds is 4. The first kappa shape index (κ1) is 16.2. The monoisotopic (exact) mass is 367 g/mol. The minimum Gasteiger partial charge on any atom is -0.454 e. The van der Waals surface area contributed by atoms with Crippen molar-refractivity contribution in [3.05, 3.63) is 71.4 Å². The molecule has 0 saturated carbocycles. The zero-order valence-corrected chi connectivity index (χ0v) is 14.3. The Balaban J connectivity index is 1.56. The zero-order valence-electron chi connectivity index (χ0n) is 13.5. The van der Waals surface area contributed by atoms with E-state index in [-0.39, 0.29) is 12.7 Å². The zero-order chi connectivity index (χ0) is 17.9. The first-order chi connectivity index (χ1) is 12.7. The normalized spacial score (nSPS) is 11.9. The fourth-order valence-corrected chi connectivity index (χ4v) is 2.76. The molecule has 0 bridgehead atoms. The van der Waals surface area contributed by atoms with Crippen molar-refractivity contribution >= 4 is 34.7 Å². The van der Waals surface area contributed by atoms with Crippen molar-refractivity contribution in [2.45, 2.75) is 0 Å². The lowest BCUT2D eigenvalue weighted by molar-refractivity contribution is 0.102. The summed E-state index contributed by atoms with van der Waals surface area (Å²) in [7, 11) is 0. The highest BCUT2D eigenvalue weighted by molar-refractivity contribution is 6.33. The van der Waals surface area contributed by atoms with Gasteiger partial charge >= 0.3 is 0 Å². The average molecular weight is 368 g/mol. The highest BCUT2D eigenvalue weighted by Crippen LogP contribution is 2.44. The number of pyridine rings is 1. The summed E-state index contributed by atoms with van der Waals surface area (Å²) in [6.07, 6.45) is 1.59. The maximum Gasteiger partial charge on any atom is 0.256 e. The summed E-state index contributed by atoms with van der Waals surface area (Å²) in [6.45, 7) is 0.152. The molecule has 1 aromatic heterocycles. The second-order valence-electron chi connectivity index (χ2n) is 5.53. The maximum atomic E-state index is 12.3. The van der Waals surface area contributed by atoms with Crippen LogP contribution >= 0.6 is 11.6 Å². The minimum absolute atomic E-state index is 0.152. The lowest BCUT2D eigenvalue weighted by atomic mass is 10.2. The molecule has 6 nitrogen and oxygen atoms in total. The Morgan fingerprint density at radius 1 is 1.08 bits per heavy atom. The van der Waals surface area contributed by atoms with Gasteiger partial charge in [-0.15, -0.1) is 0 Å². The van der Waals surface area contributed by atoms with Gasteiger partial charge in [0, 0.05) is 23.5 Å². The fourth-order valence-electron chi connectivity index (χ4n) is 2.56. The first-order valence-electron chi connectivity index (χ1n) is 7.88. The number of amides is 1. The molecular formula is C19H14ClN3O3. The highest BCUT2D eigenvalue weighted by atomic mass is 35.5. The van der Waals surface area contributed by atoms with E-state index >= 15 is 0 Å². The van der Waals surface area contributed by atoms with Crippen LogP contribution in [-0.2, 0) is 0 Å². The molecule has 0 spiro atoms. The second kappa shape index (κ2) is 6.93. The number of aromatic nitrogens is 1. The maximum absolute atomic E-state index is 12.3. The molecule has 130 valence electrons. The van der Waals surface area contributed by atoms with Crippen molar-refractivity contribution in [2.75, 3.05) is 17.4 Å². The van der Waals surface area contributed by atoms with Gasteiger partial charge in [-0.2, -0.15) is 0 Å². The quantitative estimate of drug-likeness (QED) is 0.712. The van der Waals surface area contributed by atoms with Gasteiger partial charge in [0.05, 0.1) is 5.02 Å². The van der Waals surface area contributed by atoms with Crippen molar-refractivity contribution in [3.8, 4) is 11.5 Å². The van der Waals surface area contributed by atoms with Crippen LogP contribution in [0.3, 0.4) is 0 Å². The average Bonchev–Trinajstić information content (AvgIpc) is 3.14. The number of carbonyl (C=O) groups excluding carboxylic acids is 1. The van der Waals surface area contributed by atoms with Crippen molar-refractivity contribution < 1.29 is 14.3 Å². The molecule has 4 rings (SSSR count). The predicted octanol–water partition coefficient (Wildman–Crippen LogP) is 4.46. The summed E-state index contributed by atoms with van der Waals surface area (Å²) in [5.41, 5.74) is 1.87. The van der Waals surface area contributed by atoms with E-state index in [1.54, 1.807) is 54.7 Å². The molecule has 0 aliphatic carbocycles. The molecule has 2 heterocycles. The van der Waals surface area contributed by atoms with Crippen molar-refractivity contribution in [2.24, 2.45) is 0 Å². The lowest BCUT2D eigenvalue weighted by Gasteiger charge is -2.12. The largest absolute Gasteiger partial charge is 0.454 e. The van der Waals surface area contributed by atoms with Crippen LogP contribution in [0, 0.1) is 0 Å². The van der Waals surface area contributed by atoms with Crippen LogP contribution in [0.1, 0.15) is 10.4 Å². The van der Waals surface area contributed by atoms with Crippen LogP contribution in [-0.4, -0.2) is 17.7 Å². The van der Waals surface area contributed by atoms with E-state index in [1.807, 2.05) is 6.07 Å². The molecule has 7 heteroatoms. The summed E-state index contributed by atoms with van der Waals surface area (Å²) in [5.74, 6) is 1.38.